The second kappa shape index (κ2) is 5.52. The lowest BCUT2D eigenvalue weighted by Gasteiger charge is -2.26. The molecule has 0 bridgehead atoms. The Hall–Kier alpha value is -0.340. The molecule has 0 saturated carbocycles. The minimum absolute atomic E-state index is 0.717. The van der Waals surface area contributed by atoms with Crippen LogP contribution >= 0.6 is 0 Å². The molecule has 2 nitrogen and oxygen atoms in total. The summed E-state index contributed by atoms with van der Waals surface area (Å²) in [4.78, 5) is 0. The largest absolute Gasteiger partial charge is 0.381 e. The Balaban J connectivity index is 1.63. The van der Waals surface area contributed by atoms with Crippen LogP contribution in [0.25, 0.3) is 0 Å². The Morgan fingerprint density at radius 1 is 1.14 bits per heavy atom. The summed E-state index contributed by atoms with van der Waals surface area (Å²) >= 11 is 0. The highest BCUT2D eigenvalue weighted by atomic mass is 16.5. The maximum atomic E-state index is 5.34. The van der Waals surface area contributed by atoms with Gasteiger partial charge in [0.2, 0.25) is 0 Å². The molecule has 0 spiro atoms. The molecular formula is C12H21NO. The third kappa shape index (κ3) is 3.10. The minimum atomic E-state index is 0.717. The van der Waals surface area contributed by atoms with Crippen LogP contribution in [0.2, 0.25) is 0 Å². The molecule has 1 saturated heterocycles. The summed E-state index contributed by atoms with van der Waals surface area (Å²) < 4.78 is 5.34. The van der Waals surface area contributed by atoms with E-state index < -0.39 is 0 Å². The van der Waals surface area contributed by atoms with E-state index in [1.165, 1.54) is 38.6 Å². The summed E-state index contributed by atoms with van der Waals surface area (Å²) in [6.45, 7) is 3.10. The maximum absolute atomic E-state index is 5.34. The summed E-state index contributed by atoms with van der Waals surface area (Å²) in [7, 11) is 0. The predicted molar refractivity (Wildman–Crippen MR) is 58.3 cm³/mol. The lowest BCUT2D eigenvalue weighted by molar-refractivity contribution is 0.0768. The highest BCUT2D eigenvalue weighted by molar-refractivity contribution is 4.90. The first kappa shape index (κ1) is 10.2. The van der Waals surface area contributed by atoms with Crippen LogP contribution in [0.15, 0.2) is 12.2 Å². The van der Waals surface area contributed by atoms with Gasteiger partial charge in [0.1, 0.15) is 0 Å². The summed E-state index contributed by atoms with van der Waals surface area (Å²) in [5.41, 5.74) is 0. The van der Waals surface area contributed by atoms with Gasteiger partial charge in [-0.25, -0.2) is 0 Å². The molecule has 0 aromatic heterocycles. The SMILES string of the molecule is C1=CCC(CNC2CCOCC2)CC1. The van der Waals surface area contributed by atoms with Crippen molar-refractivity contribution in [2.24, 2.45) is 5.92 Å². The molecule has 0 amide bonds. The molecule has 2 heteroatoms. The maximum Gasteiger partial charge on any atom is 0.0480 e. The van der Waals surface area contributed by atoms with Crippen molar-refractivity contribution >= 4 is 0 Å². The smallest absolute Gasteiger partial charge is 0.0480 e. The first-order valence-electron chi connectivity index (χ1n) is 5.91. The standard InChI is InChI=1S/C12H21NO/c1-2-4-11(5-3-1)10-13-12-6-8-14-9-7-12/h1-2,11-13H,3-10H2. The molecule has 1 aliphatic heterocycles. The van der Waals surface area contributed by atoms with Crippen LogP contribution in [-0.2, 0) is 4.74 Å². The first-order chi connectivity index (χ1) is 6.95. The quantitative estimate of drug-likeness (QED) is 0.696. The Labute approximate surface area is 86.7 Å². The molecule has 0 aromatic rings. The molecule has 2 rings (SSSR count). The molecule has 1 atom stereocenters. The number of allylic oxidation sites excluding steroid dienone is 2. The predicted octanol–water partition coefficient (Wildman–Crippen LogP) is 2.11. The monoisotopic (exact) mass is 195 g/mol. The minimum Gasteiger partial charge on any atom is -0.381 e. The molecule has 80 valence electrons. The van der Waals surface area contributed by atoms with Gasteiger partial charge in [-0.05, 0) is 44.6 Å². The van der Waals surface area contributed by atoms with Gasteiger partial charge in [0, 0.05) is 19.3 Å². The fourth-order valence-electron chi connectivity index (χ4n) is 2.28. The lowest BCUT2D eigenvalue weighted by Crippen LogP contribution is -2.37. The molecule has 1 unspecified atom stereocenters. The van der Waals surface area contributed by atoms with Crippen LogP contribution in [0.5, 0.6) is 0 Å². The van der Waals surface area contributed by atoms with Gasteiger partial charge in [0.25, 0.3) is 0 Å². The summed E-state index contributed by atoms with van der Waals surface area (Å²) in [6.07, 6.45) is 11.0. The van der Waals surface area contributed by atoms with Gasteiger partial charge >= 0.3 is 0 Å². The van der Waals surface area contributed by atoms with Gasteiger partial charge < -0.3 is 10.1 Å². The first-order valence-corrected chi connectivity index (χ1v) is 5.91. The molecule has 2 aliphatic rings. The topological polar surface area (TPSA) is 21.3 Å². The van der Waals surface area contributed by atoms with E-state index in [4.69, 9.17) is 4.74 Å². The van der Waals surface area contributed by atoms with Crippen molar-refractivity contribution in [2.75, 3.05) is 19.8 Å². The van der Waals surface area contributed by atoms with Crippen LogP contribution in [0.4, 0.5) is 0 Å². The summed E-state index contributed by atoms with van der Waals surface area (Å²) in [6, 6.07) is 0.717. The van der Waals surface area contributed by atoms with Gasteiger partial charge in [-0.3, -0.25) is 0 Å². The zero-order chi connectivity index (χ0) is 9.64. The van der Waals surface area contributed by atoms with Crippen LogP contribution in [0.3, 0.4) is 0 Å². The lowest BCUT2D eigenvalue weighted by atomic mass is 9.94. The van der Waals surface area contributed by atoms with E-state index >= 15 is 0 Å². The fraction of sp³-hybridized carbons (Fsp3) is 0.833. The number of nitrogens with one attached hydrogen (secondary N) is 1. The van der Waals surface area contributed by atoms with Crippen molar-refractivity contribution in [1.29, 1.82) is 0 Å². The molecule has 0 aromatic carbocycles. The normalized spacial score (nSPS) is 29.3. The Morgan fingerprint density at radius 3 is 2.71 bits per heavy atom. The number of ether oxygens (including phenoxy) is 1. The Morgan fingerprint density at radius 2 is 2.00 bits per heavy atom. The zero-order valence-corrected chi connectivity index (χ0v) is 8.87. The van der Waals surface area contributed by atoms with Gasteiger partial charge in [0.15, 0.2) is 0 Å². The Bertz CT molecular complexity index is 185. The van der Waals surface area contributed by atoms with E-state index in [1.54, 1.807) is 0 Å². The molecule has 14 heavy (non-hydrogen) atoms. The van der Waals surface area contributed by atoms with E-state index in [9.17, 15) is 0 Å². The van der Waals surface area contributed by atoms with Crippen LogP contribution < -0.4 is 5.32 Å². The van der Waals surface area contributed by atoms with Gasteiger partial charge in [-0.1, -0.05) is 12.2 Å². The van der Waals surface area contributed by atoms with Crippen molar-refractivity contribution < 1.29 is 4.74 Å². The van der Waals surface area contributed by atoms with Crippen molar-refractivity contribution in [3.63, 3.8) is 0 Å². The van der Waals surface area contributed by atoms with Gasteiger partial charge in [0.05, 0.1) is 0 Å². The third-order valence-electron chi connectivity index (χ3n) is 3.29. The number of hydrogen-bond donors (Lipinski definition) is 1. The highest BCUT2D eigenvalue weighted by Gasteiger charge is 2.15. The van der Waals surface area contributed by atoms with Crippen molar-refractivity contribution in [2.45, 2.75) is 38.1 Å². The van der Waals surface area contributed by atoms with E-state index in [2.05, 4.69) is 17.5 Å². The molecule has 1 heterocycles. The highest BCUT2D eigenvalue weighted by Crippen LogP contribution is 2.17. The summed E-state index contributed by atoms with van der Waals surface area (Å²) in [5.74, 6) is 0.878. The van der Waals surface area contributed by atoms with E-state index in [-0.39, 0.29) is 0 Å². The van der Waals surface area contributed by atoms with Crippen molar-refractivity contribution in [3.05, 3.63) is 12.2 Å². The van der Waals surface area contributed by atoms with E-state index in [0.717, 1.165) is 25.2 Å². The average molecular weight is 195 g/mol. The summed E-state index contributed by atoms with van der Waals surface area (Å²) in [5, 5.41) is 3.68. The number of hydrogen-bond acceptors (Lipinski definition) is 2. The molecule has 0 radical (unpaired) electrons. The Kier molecular flexibility index (Phi) is 4.02. The third-order valence-corrected chi connectivity index (χ3v) is 3.29. The number of rotatable bonds is 3. The van der Waals surface area contributed by atoms with E-state index in [0.29, 0.717) is 0 Å². The zero-order valence-electron chi connectivity index (χ0n) is 8.87. The average Bonchev–Trinajstić information content (AvgIpc) is 2.29. The second-order valence-corrected chi connectivity index (χ2v) is 4.45. The molecule has 1 aliphatic carbocycles. The van der Waals surface area contributed by atoms with Crippen LogP contribution in [0, 0.1) is 5.92 Å². The van der Waals surface area contributed by atoms with Crippen LogP contribution in [0.1, 0.15) is 32.1 Å². The van der Waals surface area contributed by atoms with Gasteiger partial charge in [-0.2, -0.15) is 0 Å². The fourth-order valence-corrected chi connectivity index (χ4v) is 2.28. The molecular weight excluding hydrogens is 174 g/mol. The van der Waals surface area contributed by atoms with Crippen molar-refractivity contribution in [3.8, 4) is 0 Å². The second-order valence-electron chi connectivity index (χ2n) is 4.45. The molecule has 1 fully saturated rings. The molecule has 1 N–H and O–H groups in total. The van der Waals surface area contributed by atoms with Crippen molar-refractivity contribution in [1.82, 2.24) is 5.32 Å². The van der Waals surface area contributed by atoms with Crippen LogP contribution in [-0.4, -0.2) is 25.8 Å². The van der Waals surface area contributed by atoms with Gasteiger partial charge in [-0.15, -0.1) is 0 Å². The van der Waals surface area contributed by atoms with E-state index in [1.807, 2.05) is 0 Å².